The minimum atomic E-state index is -1.18. The topological polar surface area (TPSA) is 151 Å². The van der Waals surface area contributed by atoms with E-state index in [2.05, 4.69) is 35.8 Å². The molecule has 2 aliphatic heterocycles. The van der Waals surface area contributed by atoms with Crippen LogP contribution in [0.1, 0.15) is 67.3 Å². The van der Waals surface area contributed by atoms with E-state index in [0.29, 0.717) is 51.7 Å². The van der Waals surface area contributed by atoms with Gasteiger partial charge in [-0.1, -0.05) is 38.0 Å². The standard InChI is InChI=1S/C44H47N3O7/c1-11-29-25(4)19-34-27(6)30(13-12-23(2)22-48)36(45-34)20-37-31(15-17-40(49)50)28(7)35(46-37)21-39-44(8)33(38(47-39)18-24(3)26(29)5)16-14-32(42(51)53-9)41(44)43(52)54-10/h11,14,16,18-22,41,45-46H,1-3,12-13,15,17H2,4-10H3,(H,49,50)/b25-19+,29-26-,35-21-,37-20-,38-18-/t41-,44+/m0/s1. The Hall–Kier alpha value is -6.03. The summed E-state index contributed by atoms with van der Waals surface area (Å²) in [7, 11) is 2.54. The average Bonchev–Trinajstić information content (AvgIpc) is 3.70. The molecule has 0 fully saturated rings. The van der Waals surface area contributed by atoms with Crippen LogP contribution < -0.4 is 10.7 Å². The maximum absolute atomic E-state index is 13.7. The van der Waals surface area contributed by atoms with Gasteiger partial charge in [0.1, 0.15) is 12.2 Å². The maximum Gasteiger partial charge on any atom is 0.334 e. The number of rotatable bonds is 10. The molecule has 6 bridgehead atoms. The molecule has 4 heterocycles. The summed E-state index contributed by atoms with van der Waals surface area (Å²) in [6.45, 7) is 22.2. The Morgan fingerprint density at radius 2 is 1.63 bits per heavy atom. The van der Waals surface area contributed by atoms with E-state index < -0.39 is 29.2 Å². The minimum absolute atomic E-state index is 0.101. The van der Waals surface area contributed by atoms with Gasteiger partial charge in [0, 0.05) is 28.5 Å². The number of ether oxygens (including phenoxy) is 2. The molecule has 54 heavy (non-hydrogen) atoms. The number of aromatic amines is 2. The molecule has 2 atom stereocenters. The lowest BCUT2D eigenvalue weighted by atomic mass is 9.63. The van der Waals surface area contributed by atoms with Crippen molar-refractivity contribution in [2.75, 3.05) is 14.2 Å². The second kappa shape index (κ2) is 15.5. The van der Waals surface area contributed by atoms with E-state index >= 15 is 0 Å². The van der Waals surface area contributed by atoms with Gasteiger partial charge >= 0.3 is 17.9 Å². The molecule has 0 radical (unpaired) electrons. The van der Waals surface area contributed by atoms with Crippen molar-refractivity contribution in [1.82, 2.24) is 9.97 Å². The number of H-pyrrole nitrogens is 2. The quantitative estimate of drug-likeness (QED) is 0.156. The molecule has 10 nitrogen and oxygen atoms in total. The molecular formula is C44H47N3O7. The van der Waals surface area contributed by atoms with Crippen LogP contribution in [0.25, 0.3) is 18.2 Å². The summed E-state index contributed by atoms with van der Waals surface area (Å²) in [5.74, 6) is -3.32. The second-order valence-corrected chi connectivity index (χ2v) is 14.0. The summed E-state index contributed by atoms with van der Waals surface area (Å²) in [6.07, 6.45) is 14.8. The van der Waals surface area contributed by atoms with Gasteiger partial charge in [0.15, 0.2) is 0 Å². The van der Waals surface area contributed by atoms with Gasteiger partial charge in [-0.2, -0.15) is 0 Å². The molecule has 0 amide bonds. The largest absolute Gasteiger partial charge is 0.481 e. The number of carboxylic acids is 1. The lowest BCUT2D eigenvalue weighted by Crippen LogP contribution is -2.44. The number of hydrogen-bond donors (Lipinski definition) is 3. The first-order valence-electron chi connectivity index (χ1n) is 17.7. The lowest BCUT2D eigenvalue weighted by molar-refractivity contribution is -0.149. The number of fused-ring (bicyclic) bond motifs is 8. The molecule has 5 rings (SSSR count). The Labute approximate surface area is 315 Å². The van der Waals surface area contributed by atoms with E-state index in [0.717, 1.165) is 56.6 Å². The molecule has 280 valence electrons. The number of carboxylic acid groups (broad SMARTS) is 1. The molecule has 1 aliphatic carbocycles. The van der Waals surface area contributed by atoms with Crippen LogP contribution in [0, 0.1) is 25.2 Å². The Morgan fingerprint density at radius 3 is 2.26 bits per heavy atom. The van der Waals surface area contributed by atoms with Gasteiger partial charge in [0.25, 0.3) is 0 Å². The first-order valence-corrected chi connectivity index (χ1v) is 17.7. The zero-order chi connectivity index (χ0) is 39.6. The Bertz CT molecular complexity index is 2350. The van der Waals surface area contributed by atoms with Crippen LogP contribution >= 0.6 is 0 Å². The van der Waals surface area contributed by atoms with Crippen LogP contribution in [0.15, 0.2) is 93.7 Å². The highest BCUT2D eigenvalue weighted by Crippen LogP contribution is 2.52. The number of aliphatic imine (C=N–C) groups is 1. The Kier molecular flexibility index (Phi) is 11.3. The third kappa shape index (κ3) is 7.03. The Morgan fingerprint density at radius 1 is 0.926 bits per heavy atom. The van der Waals surface area contributed by atoms with Crippen LogP contribution in [0.4, 0.5) is 0 Å². The number of esters is 2. The van der Waals surface area contributed by atoms with Crippen molar-refractivity contribution in [3.05, 3.63) is 133 Å². The number of carbonyl (C=O) groups is 4. The minimum Gasteiger partial charge on any atom is -0.481 e. The molecule has 0 unspecified atom stereocenters. The fourth-order valence-electron chi connectivity index (χ4n) is 7.67. The van der Waals surface area contributed by atoms with Crippen molar-refractivity contribution in [2.24, 2.45) is 16.3 Å². The lowest BCUT2D eigenvalue weighted by Gasteiger charge is -2.37. The normalized spacial score (nSPS) is 23.9. The summed E-state index contributed by atoms with van der Waals surface area (Å²) in [4.78, 5) is 62.4. The summed E-state index contributed by atoms with van der Waals surface area (Å²) in [5, 5.41) is 11.1. The van der Waals surface area contributed by atoms with Gasteiger partial charge in [-0.3, -0.25) is 19.4 Å². The molecule has 3 aliphatic rings. The molecule has 0 aromatic carbocycles. The molecule has 0 saturated heterocycles. The second-order valence-electron chi connectivity index (χ2n) is 14.0. The molecule has 3 N–H and O–H groups in total. The van der Waals surface area contributed by atoms with Crippen LogP contribution in [-0.2, 0) is 41.5 Å². The zero-order valence-electron chi connectivity index (χ0n) is 32.0. The predicted octanol–water partition coefficient (Wildman–Crippen LogP) is 5.92. The average molecular weight is 730 g/mol. The third-order valence-electron chi connectivity index (χ3n) is 10.9. The highest BCUT2D eigenvalue weighted by Gasteiger charge is 2.54. The number of aliphatic carboxylic acids is 1. The van der Waals surface area contributed by atoms with E-state index in [1.54, 1.807) is 18.2 Å². The van der Waals surface area contributed by atoms with Gasteiger partial charge in [0.05, 0.1) is 36.6 Å². The smallest absolute Gasteiger partial charge is 0.334 e. The number of aromatic nitrogens is 2. The molecule has 10 heteroatoms. The number of methoxy groups -OCH3 is 2. The van der Waals surface area contributed by atoms with E-state index in [1.165, 1.54) is 14.2 Å². The summed E-state index contributed by atoms with van der Waals surface area (Å²) in [5.41, 5.74) is 9.77. The molecule has 0 saturated carbocycles. The highest BCUT2D eigenvalue weighted by molar-refractivity contribution is 6.20. The van der Waals surface area contributed by atoms with Crippen molar-refractivity contribution in [1.29, 1.82) is 0 Å². The fourth-order valence-corrected chi connectivity index (χ4v) is 7.67. The van der Waals surface area contributed by atoms with Crippen LogP contribution in [-0.4, -0.2) is 59.2 Å². The number of carbonyl (C=O) groups excluding carboxylic acids is 3. The monoisotopic (exact) mass is 729 g/mol. The number of nitrogens with zero attached hydrogens (tertiary/aromatic N) is 1. The van der Waals surface area contributed by atoms with Gasteiger partial charge in [0.2, 0.25) is 0 Å². The van der Waals surface area contributed by atoms with E-state index in [9.17, 15) is 24.3 Å². The van der Waals surface area contributed by atoms with Crippen molar-refractivity contribution in [3.63, 3.8) is 0 Å². The van der Waals surface area contributed by atoms with E-state index in [1.807, 2.05) is 52.8 Å². The van der Waals surface area contributed by atoms with Crippen LogP contribution in [0.2, 0.25) is 0 Å². The molecule has 2 aromatic heterocycles. The number of hydrogen-bond acceptors (Lipinski definition) is 7. The first kappa shape index (κ1) is 39.2. The first-order chi connectivity index (χ1) is 25.6. The SMILES string of the molecule is C=CC1=C(\C)C(=C)/C=C2N=C(/C=c3\[nH]/c(c(CCC(=O)O)c3C)=C\c3[nH]c(c(C)c3CCC(=C)C=O)\C=C\1C)[C@@]1(C)C\2=CC=C(C(=O)OC)[C@H]1C(=O)OC. The Balaban J connectivity index is 1.92. The molecular weight excluding hydrogens is 682 g/mol. The molecule has 0 spiro atoms. The zero-order valence-corrected chi connectivity index (χ0v) is 32.0. The number of aldehydes is 1. The highest BCUT2D eigenvalue weighted by atomic mass is 16.5. The fraction of sp³-hybridized carbons (Fsp3) is 0.295. The van der Waals surface area contributed by atoms with E-state index in [4.69, 9.17) is 14.5 Å². The van der Waals surface area contributed by atoms with E-state index in [-0.39, 0.29) is 18.4 Å². The number of allylic oxidation sites excluding steroid dienone is 10. The van der Waals surface area contributed by atoms with Crippen LogP contribution in [0.5, 0.6) is 0 Å². The van der Waals surface area contributed by atoms with Crippen LogP contribution in [0.3, 0.4) is 0 Å². The van der Waals surface area contributed by atoms with Crippen molar-refractivity contribution >= 4 is 48.1 Å². The van der Waals surface area contributed by atoms with Gasteiger partial charge in [-0.25, -0.2) is 4.79 Å². The van der Waals surface area contributed by atoms with Crippen molar-refractivity contribution < 1.29 is 33.8 Å². The maximum atomic E-state index is 13.7. The summed E-state index contributed by atoms with van der Waals surface area (Å²) in [6, 6.07) is 0. The third-order valence-corrected chi connectivity index (χ3v) is 10.9. The van der Waals surface area contributed by atoms with Gasteiger partial charge in [-0.05, 0) is 134 Å². The predicted molar refractivity (Wildman–Crippen MR) is 211 cm³/mol. The number of nitrogens with one attached hydrogen (secondary N) is 2. The summed E-state index contributed by atoms with van der Waals surface area (Å²) >= 11 is 0. The van der Waals surface area contributed by atoms with Crippen molar-refractivity contribution in [2.45, 2.75) is 60.3 Å². The van der Waals surface area contributed by atoms with Gasteiger partial charge in [-0.15, -0.1) is 0 Å². The molecule has 2 aromatic rings. The van der Waals surface area contributed by atoms with Gasteiger partial charge < -0.3 is 24.5 Å². The van der Waals surface area contributed by atoms with Crippen molar-refractivity contribution in [3.8, 4) is 0 Å². The summed E-state index contributed by atoms with van der Waals surface area (Å²) < 4.78 is 10.4.